The molecule has 2 amide bonds. The third kappa shape index (κ3) is 5.83. The first-order valence-corrected chi connectivity index (χ1v) is 9.23. The standard InChI is InChI=1S/C20H31N3O2/c1-14(24)23-18(17-7-5-6-12-21-17)16-10-8-15(9-11-16)13-22-19(25)20(2,3)4/h5-7,12,15-16,18H,8-11,13H2,1-4H3,(H,22,25)(H,23,24). The second-order valence-corrected chi connectivity index (χ2v) is 8.17. The van der Waals surface area contributed by atoms with Crippen molar-refractivity contribution in [2.24, 2.45) is 17.3 Å². The number of hydrogen-bond donors (Lipinski definition) is 2. The Bertz CT molecular complexity index is 572. The third-order valence-corrected chi connectivity index (χ3v) is 4.96. The molecule has 2 rings (SSSR count). The molecular formula is C20H31N3O2. The fourth-order valence-corrected chi connectivity index (χ4v) is 3.44. The van der Waals surface area contributed by atoms with Crippen LogP contribution in [0.2, 0.25) is 0 Å². The van der Waals surface area contributed by atoms with Crippen molar-refractivity contribution in [3.05, 3.63) is 30.1 Å². The average Bonchev–Trinajstić information content (AvgIpc) is 2.58. The molecule has 1 aromatic rings. The molecule has 5 heteroatoms. The van der Waals surface area contributed by atoms with Crippen molar-refractivity contribution in [2.75, 3.05) is 6.54 Å². The smallest absolute Gasteiger partial charge is 0.225 e. The van der Waals surface area contributed by atoms with Gasteiger partial charge < -0.3 is 10.6 Å². The van der Waals surface area contributed by atoms with Gasteiger partial charge in [-0.3, -0.25) is 14.6 Å². The number of carbonyl (C=O) groups is 2. The average molecular weight is 345 g/mol. The summed E-state index contributed by atoms with van der Waals surface area (Å²) in [6, 6.07) is 5.81. The van der Waals surface area contributed by atoms with Gasteiger partial charge in [0.25, 0.3) is 0 Å². The Morgan fingerprint density at radius 1 is 1.20 bits per heavy atom. The van der Waals surface area contributed by atoms with E-state index in [0.717, 1.165) is 37.9 Å². The van der Waals surface area contributed by atoms with Gasteiger partial charge in [-0.15, -0.1) is 0 Å². The number of nitrogens with one attached hydrogen (secondary N) is 2. The predicted octanol–water partition coefficient (Wildman–Crippen LogP) is 3.23. The maximum Gasteiger partial charge on any atom is 0.225 e. The SMILES string of the molecule is CC(=O)NC(c1ccccn1)C1CCC(CNC(=O)C(C)(C)C)CC1. The Kier molecular flexibility index (Phi) is 6.57. The first-order chi connectivity index (χ1) is 11.8. The first-order valence-electron chi connectivity index (χ1n) is 9.23. The van der Waals surface area contributed by atoms with Crippen molar-refractivity contribution in [1.29, 1.82) is 0 Å². The van der Waals surface area contributed by atoms with Gasteiger partial charge in [-0.1, -0.05) is 26.8 Å². The van der Waals surface area contributed by atoms with Gasteiger partial charge in [0.15, 0.2) is 0 Å². The van der Waals surface area contributed by atoms with Gasteiger partial charge >= 0.3 is 0 Å². The molecule has 0 bridgehead atoms. The lowest BCUT2D eigenvalue weighted by molar-refractivity contribution is -0.128. The largest absolute Gasteiger partial charge is 0.355 e. The monoisotopic (exact) mass is 345 g/mol. The molecule has 1 aromatic heterocycles. The summed E-state index contributed by atoms with van der Waals surface area (Å²) >= 11 is 0. The van der Waals surface area contributed by atoms with E-state index in [1.54, 1.807) is 13.1 Å². The summed E-state index contributed by atoms with van der Waals surface area (Å²) in [5, 5.41) is 6.16. The number of nitrogens with zero attached hydrogens (tertiary/aromatic N) is 1. The van der Waals surface area contributed by atoms with Crippen LogP contribution in [0.3, 0.4) is 0 Å². The van der Waals surface area contributed by atoms with E-state index in [0.29, 0.717) is 11.8 Å². The Morgan fingerprint density at radius 2 is 1.88 bits per heavy atom. The van der Waals surface area contributed by atoms with Crippen LogP contribution in [-0.2, 0) is 9.59 Å². The van der Waals surface area contributed by atoms with Crippen molar-refractivity contribution in [3.63, 3.8) is 0 Å². The molecule has 0 radical (unpaired) electrons. The molecule has 1 atom stereocenters. The summed E-state index contributed by atoms with van der Waals surface area (Å²) in [4.78, 5) is 28.1. The van der Waals surface area contributed by atoms with E-state index in [-0.39, 0.29) is 23.3 Å². The number of pyridine rings is 1. The topological polar surface area (TPSA) is 71.1 Å². The summed E-state index contributed by atoms with van der Waals surface area (Å²) in [6.45, 7) is 8.11. The highest BCUT2D eigenvalue weighted by atomic mass is 16.2. The van der Waals surface area contributed by atoms with Crippen LogP contribution in [0.15, 0.2) is 24.4 Å². The maximum absolute atomic E-state index is 12.0. The van der Waals surface area contributed by atoms with E-state index < -0.39 is 0 Å². The molecule has 2 N–H and O–H groups in total. The minimum atomic E-state index is -0.341. The maximum atomic E-state index is 12.0. The van der Waals surface area contributed by atoms with Crippen LogP contribution in [0.5, 0.6) is 0 Å². The molecule has 1 fully saturated rings. The molecule has 5 nitrogen and oxygen atoms in total. The van der Waals surface area contributed by atoms with E-state index in [4.69, 9.17) is 0 Å². The van der Waals surface area contributed by atoms with Crippen LogP contribution < -0.4 is 10.6 Å². The predicted molar refractivity (Wildman–Crippen MR) is 98.7 cm³/mol. The number of aromatic nitrogens is 1. The number of rotatable bonds is 5. The quantitative estimate of drug-likeness (QED) is 0.861. The third-order valence-electron chi connectivity index (χ3n) is 4.96. The van der Waals surface area contributed by atoms with Gasteiger partial charge in [-0.05, 0) is 49.7 Å². The Hall–Kier alpha value is -1.91. The molecule has 1 aliphatic carbocycles. The number of amides is 2. The molecule has 0 aliphatic heterocycles. The molecule has 0 aromatic carbocycles. The molecule has 0 spiro atoms. The summed E-state index contributed by atoms with van der Waals surface area (Å²) in [5.41, 5.74) is 0.592. The molecule has 1 aliphatic rings. The second kappa shape index (κ2) is 8.45. The minimum Gasteiger partial charge on any atom is -0.355 e. The molecule has 1 saturated carbocycles. The zero-order valence-electron chi connectivity index (χ0n) is 15.8. The Morgan fingerprint density at radius 3 is 2.40 bits per heavy atom. The minimum absolute atomic E-state index is 0.0183. The van der Waals surface area contributed by atoms with Crippen LogP contribution in [0.1, 0.15) is 65.1 Å². The van der Waals surface area contributed by atoms with Crippen molar-refractivity contribution in [3.8, 4) is 0 Å². The first kappa shape index (κ1) is 19.4. The van der Waals surface area contributed by atoms with Gasteiger partial charge in [0.2, 0.25) is 11.8 Å². The van der Waals surface area contributed by atoms with E-state index in [9.17, 15) is 9.59 Å². The van der Waals surface area contributed by atoms with E-state index in [1.807, 2.05) is 39.0 Å². The Labute approximate surface area is 151 Å². The molecule has 0 saturated heterocycles. The van der Waals surface area contributed by atoms with Crippen LogP contribution in [0.4, 0.5) is 0 Å². The van der Waals surface area contributed by atoms with E-state index in [1.165, 1.54) is 0 Å². The molecular weight excluding hydrogens is 314 g/mol. The fourth-order valence-electron chi connectivity index (χ4n) is 3.44. The van der Waals surface area contributed by atoms with Crippen molar-refractivity contribution >= 4 is 11.8 Å². The van der Waals surface area contributed by atoms with Crippen molar-refractivity contribution in [1.82, 2.24) is 15.6 Å². The van der Waals surface area contributed by atoms with Gasteiger partial charge in [0, 0.05) is 25.1 Å². The molecule has 138 valence electrons. The Balaban J connectivity index is 1.90. The van der Waals surface area contributed by atoms with Crippen LogP contribution in [0.25, 0.3) is 0 Å². The number of carbonyl (C=O) groups excluding carboxylic acids is 2. The summed E-state index contributed by atoms with van der Waals surface area (Å²) in [7, 11) is 0. The lowest BCUT2D eigenvalue weighted by Crippen LogP contribution is -2.39. The highest BCUT2D eigenvalue weighted by Gasteiger charge is 2.30. The molecule has 25 heavy (non-hydrogen) atoms. The summed E-state index contributed by atoms with van der Waals surface area (Å²) in [5.74, 6) is 1.01. The summed E-state index contributed by atoms with van der Waals surface area (Å²) in [6.07, 6.45) is 5.99. The van der Waals surface area contributed by atoms with Gasteiger partial charge in [-0.25, -0.2) is 0 Å². The van der Waals surface area contributed by atoms with E-state index >= 15 is 0 Å². The lowest BCUT2D eigenvalue weighted by Gasteiger charge is -2.34. The van der Waals surface area contributed by atoms with Crippen LogP contribution in [-0.4, -0.2) is 23.3 Å². The second-order valence-electron chi connectivity index (χ2n) is 8.17. The zero-order chi connectivity index (χ0) is 18.4. The van der Waals surface area contributed by atoms with E-state index in [2.05, 4.69) is 15.6 Å². The summed E-state index contributed by atoms with van der Waals surface area (Å²) < 4.78 is 0. The lowest BCUT2D eigenvalue weighted by atomic mass is 9.77. The van der Waals surface area contributed by atoms with Gasteiger partial charge in [-0.2, -0.15) is 0 Å². The van der Waals surface area contributed by atoms with Crippen molar-refractivity contribution < 1.29 is 9.59 Å². The molecule has 1 unspecified atom stereocenters. The zero-order valence-corrected chi connectivity index (χ0v) is 15.8. The highest BCUT2D eigenvalue weighted by molar-refractivity contribution is 5.81. The van der Waals surface area contributed by atoms with Gasteiger partial charge in [0.1, 0.15) is 0 Å². The highest BCUT2D eigenvalue weighted by Crippen LogP contribution is 2.36. The van der Waals surface area contributed by atoms with Crippen LogP contribution >= 0.6 is 0 Å². The molecule has 1 heterocycles. The van der Waals surface area contributed by atoms with Crippen molar-refractivity contribution in [2.45, 2.75) is 59.4 Å². The number of hydrogen-bond acceptors (Lipinski definition) is 3. The fraction of sp³-hybridized carbons (Fsp3) is 0.650. The normalized spacial score (nSPS) is 22.1. The van der Waals surface area contributed by atoms with Crippen LogP contribution in [0, 0.1) is 17.3 Å². The van der Waals surface area contributed by atoms with Gasteiger partial charge in [0.05, 0.1) is 11.7 Å².